The first-order chi connectivity index (χ1) is 7.15. The van der Waals surface area contributed by atoms with Crippen molar-refractivity contribution < 1.29 is 4.79 Å². The minimum absolute atomic E-state index is 0.0767. The van der Waals surface area contributed by atoms with Gasteiger partial charge in [-0.15, -0.1) is 0 Å². The number of carbonyl (C=O) groups is 1. The standard InChI is InChI=1S/C11H15IN2O/c1-13-11(15)7-8-14(2)10-6-4-3-5-9(10)12/h3-6H,7-8H2,1-2H3,(H,13,15). The van der Waals surface area contributed by atoms with E-state index in [1.807, 2.05) is 19.2 Å². The van der Waals surface area contributed by atoms with Crippen LogP contribution in [0.4, 0.5) is 5.69 Å². The summed E-state index contributed by atoms with van der Waals surface area (Å²) in [7, 11) is 3.66. The molecule has 1 N–H and O–H groups in total. The van der Waals surface area contributed by atoms with E-state index < -0.39 is 0 Å². The molecule has 0 radical (unpaired) electrons. The Morgan fingerprint density at radius 3 is 2.73 bits per heavy atom. The minimum Gasteiger partial charge on any atom is -0.373 e. The summed E-state index contributed by atoms with van der Waals surface area (Å²) < 4.78 is 1.20. The third-order valence-electron chi connectivity index (χ3n) is 2.22. The number of anilines is 1. The third kappa shape index (κ3) is 3.70. The largest absolute Gasteiger partial charge is 0.373 e. The lowest BCUT2D eigenvalue weighted by Crippen LogP contribution is -2.26. The molecule has 0 aliphatic rings. The Morgan fingerprint density at radius 2 is 2.13 bits per heavy atom. The quantitative estimate of drug-likeness (QED) is 0.860. The number of halogens is 1. The van der Waals surface area contributed by atoms with Gasteiger partial charge in [0.25, 0.3) is 0 Å². The molecule has 4 heteroatoms. The molecular formula is C11H15IN2O. The van der Waals surface area contributed by atoms with Gasteiger partial charge in [-0.25, -0.2) is 0 Å². The van der Waals surface area contributed by atoms with Gasteiger partial charge in [-0.1, -0.05) is 12.1 Å². The molecule has 1 aromatic rings. The van der Waals surface area contributed by atoms with Crippen molar-refractivity contribution in [3.8, 4) is 0 Å². The Balaban J connectivity index is 2.57. The van der Waals surface area contributed by atoms with Gasteiger partial charge in [-0.3, -0.25) is 4.79 Å². The molecule has 1 rings (SSSR count). The van der Waals surface area contributed by atoms with Crippen molar-refractivity contribution in [2.24, 2.45) is 0 Å². The van der Waals surface area contributed by atoms with E-state index in [0.29, 0.717) is 6.42 Å². The first kappa shape index (κ1) is 12.3. The highest BCUT2D eigenvalue weighted by molar-refractivity contribution is 14.1. The van der Waals surface area contributed by atoms with Gasteiger partial charge >= 0.3 is 0 Å². The van der Waals surface area contributed by atoms with Crippen LogP contribution in [0.25, 0.3) is 0 Å². The lowest BCUT2D eigenvalue weighted by molar-refractivity contribution is -0.120. The molecule has 0 saturated carbocycles. The smallest absolute Gasteiger partial charge is 0.221 e. The van der Waals surface area contributed by atoms with Gasteiger partial charge in [0.2, 0.25) is 5.91 Å². The second kappa shape index (κ2) is 5.95. The van der Waals surface area contributed by atoms with Gasteiger partial charge in [0.1, 0.15) is 0 Å². The maximum absolute atomic E-state index is 11.1. The molecule has 0 unspecified atom stereocenters. The van der Waals surface area contributed by atoms with Gasteiger partial charge in [0.05, 0.1) is 0 Å². The molecular weight excluding hydrogens is 303 g/mol. The number of amides is 1. The van der Waals surface area contributed by atoms with Gasteiger partial charge in [-0.05, 0) is 34.7 Å². The summed E-state index contributed by atoms with van der Waals surface area (Å²) >= 11 is 2.30. The molecule has 0 aromatic heterocycles. The van der Waals surface area contributed by atoms with Crippen LogP contribution in [0, 0.1) is 3.57 Å². The van der Waals surface area contributed by atoms with E-state index in [1.54, 1.807) is 7.05 Å². The Labute approximate surface area is 104 Å². The van der Waals surface area contributed by atoms with Crippen molar-refractivity contribution >= 4 is 34.2 Å². The predicted octanol–water partition coefficient (Wildman–Crippen LogP) is 1.86. The summed E-state index contributed by atoms with van der Waals surface area (Å²) in [5.74, 6) is 0.0767. The topological polar surface area (TPSA) is 32.3 Å². The van der Waals surface area contributed by atoms with Crippen LogP contribution >= 0.6 is 22.6 Å². The number of nitrogens with zero attached hydrogens (tertiary/aromatic N) is 1. The fourth-order valence-corrected chi connectivity index (χ4v) is 2.08. The fraction of sp³-hybridized carbons (Fsp3) is 0.364. The second-order valence-electron chi connectivity index (χ2n) is 3.30. The fourth-order valence-electron chi connectivity index (χ4n) is 1.28. The Hall–Kier alpha value is -0.780. The number of hydrogen-bond acceptors (Lipinski definition) is 2. The zero-order valence-corrected chi connectivity index (χ0v) is 11.1. The number of benzene rings is 1. The molecule has 0 spiro atoms. The Morgan fingerprint density at radius 1 is 1.47 bits per heavy atom. The van der Waals surface area contributed by atoms with E-state index >= 15 is 0 Å². The van der Waals surface area contributed by atoms with Crippen LogP contribution in [-0.4, -0.2) is 26.5 Å². The molecule has 3 nitrogen and oxygen atoms in total. The summed E-state index contributed by atoms with van der Waals surface area (Å²) in [6.07, 6.45) is 0.526. The lowest BCUT2D eigenvalue weighted by atomic mass is 10.3. The van der Waals surface area contributed by atoms with Crippen LogP contribution in [0.3, 0.4) is 0 Å². The molecule has 0 heterocycles. The number of nitrogens with one attached hydrogen (secondary N) is 1. The van der Waals surface area contributed by atoms with E-state index in [1.165, 1.54) is 9.26 Å². The number of para-hydroxylation sites is 1. The van der Waals surface area contributed by atoms with Gasteiger partial charge < -0.3 is 10.2 Å². The van der Waals surface area contributed by atoms with Crippen molar-refractivity contribution in [1.29, 1.82) is 0 Å². The number of rotatable bonds is 4. The van der Waals surface area contributed by atoms with Crippen molar-refractivity contribution in [3.63, 3.8) is 0 Å². The molecule has 82 valence electrons. The monoisotopic (exact) mass is 318 g/mol. The SMILES string of the molecule is CNC(=O)CCN(C)c1ccccc1I. The van der Waals surface area contributed by atoms with Gasteiger partial charge in [0, 0.05) is 36.3 Å². The summed E-state index contributed by atoms with van der Waals surface area (Å²) in [6, 6.07) is 8.14. The first-order valence-electron chi connectivity index (χ1n) is 4.81. The molecule has 0 saturated heterocycles. The maximum atomic E-state index is 11.1. The van der Waals surface area contributed by atoms with E-state index in [2.05, 4.69) is 44.9 Å². The Bertz CT molecular complexity index is 341. The molecule has 1 aromatic carbocycles. The second-order valence-corrected chi connectivity index (χ2v) is 4.46. The molecule has 0 fully saturated rings. The van der Waals surface area contributed by atoms with Gasteiger partial charge in [-0.2, -0.15) is 0 Å². The zero-order chi connectivity index (χ0) is 11.3. The van der Waals surface area contributed by atoms with Crippen molar-refractivity contribution in [1.82, 2.24) is 5.32 Å². The average Bonchev–Trinajstić information content (AvgIpc) is 2.26. The highest BCUT2D eigenvalue weighted by atomic mass is 127. The molecule has 0 aliphatic heterocycles. The molecule has 15 heavy (non-hydrogen) atoms. The lowest BCUT2D eigenvalue weighted by Gasteiger charge is -2.20. The molecule has 1 amide bonds. The predicted molar refractivity (Wildman–Crippen MR) is 71.1 cm³/mol. The summed E-state index contributed by atoms with van der Waals surface area (Å²) in [4.78, 5) is 13.2. The average molecular weight is 318 g/mol. The van der Waals surface area contributed by atoms with Crippen LogP contribution in [0.5, 0.6) is 0 Å². The highest BCUT2D eigenvalue weighted by Crippen LogP contribution is 2.20. The maximum Gasteiger partial charge on any atom is 0.221 e. The molecule has 0 bridgehead atoms. The minimum atomic E-state index is 0.0767. The van der Waals surface area contributed by atoms with Crippen LogP contribution in [0.15, 0.2) is 24.3 Å². The van der Waals surface area contributed by atoms with Crippen LogP contribution < -0.4 is 10.2 Å². The third-order valence-corrected chi connectivity index (χ3v) is 3.13. The highest BCUT2D eigenvalue weighted by Gasteiger charge is 2.06. The van der Waals surface area contributed by atoms with E-state index in [9.17, 15) is 4.79 Å². The van der Waals surface area contributed by atoms with Crippen LogP contribution in [0.2, 0.25) is 0 Å². The van der Waals surface area contributed by atoms with Crippen molar-refractivity contribution in [2.45, 2.75) is 6.42 Å². The van der Waals surface area contributed by atoms with Crippen molar-refractivity contribution in [2.75, 3.05) is 25.5 Å². The Kier molecular flexibility index (Phi) is 4.87. The van der Waals surface area contributed by atoms with E-state index in [4.69, 9.17) is 0 Å². The van der Waals surface area contributed by atoms with Crippen molar-refractivity contribution in [3.05, 3.63) is 27.8 Å². The summed E-state index contributed by atoms with van der Waals surface area (Å²) in [5, 5.41) is 2.62. The molecule has 0 aliphatic carbocycles. The molecule has 0 atom stereocenters. The van der Waals surface area contributed by atoms with E-state index in [-0.39, 0.29) is 5.91 Å². The number of carbonyl (C=O) groups excluding carboxylic acids is 1. The van der Waals surface area contributed by atoms with E-state index in [0.717, 1.165) is 6.54 Å². The van der Waals surface area contributed by atoms with Gasteiger partial charge in [0.15, 0.2) is 0 Å². The first-order valence-corrected chi connectivity index (χ1v) is 5.89. The van der Waals surface area contributed by atoms with Crippen LogP contribution in [-0.2, 0) is 4.79 Å². The summed E-state index contributed by atoms with van der Waals surface area (Å²) in [6.45, 7) is 0.736. The van der Waals surface area contributed by atoms with Crippen LogP contribution in [0.1, 0.15) is 6.42 Å². The zero-order valence-electron chi connectivity index (χ0n) is 8.96. The summed E-state index contributed by atoms with van der Waals surface area (Å²) in [5.41, 5.74) is 1.17. The normalized spacial score (nSPS) is 9.80. The number of hydrogen-bond donors (Lipinski definition) is 1.